The molecule has 0 spiro atoms. The highest BCUT2D eigenvalue weighted by molar-refractivity contribution is 5.41. The van der Waals surface area contributed by atoms with Gasteiger partial charge in [0.25, 0.3) is 0 Å². The number of aryl methyl sites for hydroxylation is 2. The third-order valence-electron chi connectivity index (χ3n) is 4.37. The van der Waals surface area contributed by atoms with Crippen LogP contribution in [0.15, 0.2) is 12.1 Å². The summed E-state index contributed by atoms with van der Waals surface area (Å²) in [4.78, 5) is 0. The Morgan fingerprint density at radius 3 is 2.62 bits per heavy atom. The first kappa shape index (κ1) is 16.3. The first-order valence-electron chi connectivity index (χ1n) is 8.03. The van der Waals surface area contributed by atoms with Gasteiger partial charge in [-0.1, -0.05) is 6.07 Å². The molecule has 1 aliphatic rings. The van der Waals surface area contributed by atoms with Crippen molar-refractivity contribution in [3.05, 3.63) is 28.8 Å². The molecule has 0 radical (unpaired) electrons. The molecule has 118 valence electrons. The molecule has 3 heteroatoms. The van der Waals surface area contributed by atoms with E-state index in [0.29, 0.717) is 12.6 Å². The minimum Gasteiger partial charge on any atom is -0.493 e. The van der Waals surface area contributed by atoms with E-state index in [9.17, 15) is 5.11 Å². The van der Waals surface area contributed by atoms with E-state index in [-0.39, 0.29) is 12.1 Å². The molecule has 0 aromatic heterocycles. The van der Waals surface area contributed by atoms with Crippen molar-refractivity contribution in [1.29, 1.82) is 0 Å². The number of hydrogen-bond acceptors (Lipinski definition) is 3. The second kappa shape index (κ2) is 6.80. The van der Waals surface area contributed by atoms with Gasteiger partial charge in [0.1, 0.15) is 5.75 Å². The second-order valence-corrected chi connectivity index (χ2v) is 6.79. The van der Waals surface area contributed by atoms with E-state index in [0.717, 1.165) is 18.6 Å². The highest BCUT2D eigenvalue weighted by Crippen LogP contribution is 2.26. The van der Waals surface area contributed by atoms with Gasteiger partial charge in [0, 0.05) is 11.6 Å². The summed E-state index contributed by atoms with van der Waals surface area (Å²) in [6.07, 6.45) is 4.37. The number of nitrogens with one attached hydrogen (secondary N) is 1. The number of aliphatic hydroxyl groups excluding tert-OH is 1. The maximum Gasteiger partial charge on any atom is 0.122 e. The lowest BCUT2D eigenvalue weighted by Gasteiger charge is -2.29. The van der Waals surface area contributed by atoms with Crippen molar-refractivity contribution in [2.45, 2.75) is 65.0 Å². The average molecular weight is 291 g/mol. The molecular weight excluding hydrogens is 262 g/mol. The van der Waals surface area contributed by atoms with Crippen LogP contribution in [0.25, 0.3) is 0 Å². The molecule has 1 aromatic rings. The molecule has 1 unspecified atom stereocenters. The van der Waals surface area contributed by atoms with E-state index in [4.69, 9.17) is 4.74 Å². The molecule has 1 fully saturated rings. The topological polar surface area (TPSA) is 41.5 Å². The molecule has 0 aliphatic heterocycles. The van der Waals surface area contributed by atoms with Crippen LogP contribution in [0.1, 0.15) is 49.3 Å². The van der Waals surface area contributed by atoms with Gasteiger partial charge < -0.3 is 15.2 Å². The Kier molecular flexibility index (Phi) is 5.28. The summed E-state index contributed by atoms with van der Waals surface area (Å²) in [5, 5.41) is 13.1. The second-order valence-electron chi connectivity index (χ2n) is 6.79. The van der Waals surface area contributed by atoms with Crippen LogP contribution in [0.3, 0.4) is 0 Å². The van der Waals surface area contributed by atoms with Gasteiger partial charge in [-0.15, -0.1) is 0 Å². The van der Waals surface area contributed by atoms with Crippen LogP contribution in [0.2, 0.25) is 0 Å². The lowest BCUT2D eigenvalue weighted by Crippen LogP contribution is -2.47. The van der Waals surface area contributed by atoms with Crippen LogP contribution in [0.4, 0.5) is 0 Å². The fourth-order valence-corrected chi connectivity index (χ4v) is 2.71. The summed E-state index contributed by atoms with van der Waals surface area (Å²) in [6, 6.07) is 4.91. The molecule has 2 N–H and O–H groups in total. The van der Waals surface area contributed by atoms with Crippen molar-refractivity contribution < 1.29 is 9.84 Å². The quantitative estimate of drug-likeness (QED) is 0.722. The minimum atomic E-state index is -0.165. The van der Waals surface area contributed by atoms with Crippen LogP contribution in [-0.4, -0.2) is 29.9 Å². The summed E-state index contributed by atoms with van der Waals surface area (Å²) in [5.74, 6) is 0.994. The molecule has 21 heavy (non-hydrogen) atoms. The van der Waals surface area contributed by atoms with Crippen LogP contribution in [0.5, 0.6) is 5.75 Å². The highest BCUT2D eigenvalue weighted by atomic mass is 16.5. The van der Waals surface area contributed by atoms with Gasteiger partial charge in [0.05, 0.1) is 13.2 Å². The molecule has 0 bridgehead atoms. The average Bonchev–Trinajstić information content (AvgIpc) is 3.23. The third kappa shape index (κ3) is 4.72. The standard InChI is InChI=1S/C18H29NO2/c1-13-10-14(2)15(3)17(11-13)21-9-5-8-18(4,12-20)19-16-6-7-16/h10-11,16,19-20H,5-9,12H2,1-4H3. The normalized spacial score (nSPS) is 17.6. The Morgan fingerprint density at radius 1 is 1.29 bits per heavy atom. The van der Waals surface area contributed by atoms with Crippen molar-refractivity contribution in [1.82, 2.24) is 5.32 Å². The van der Waals surface area contributed by atoms with Crippen LogP contribution in [-0.2, 0) is 0 Å². The van der Waals surface area contributed by atoms with Crippen LogP contribution < -0.4 is 10.1 Å². The zero-order chi connectivity index (χ0) is 15.5. The molecule has 0 saturated heterocycles. The fourth-order valence-electron chi connectivity index (χ4n) is 2.71. The van der Waals surface area contributed by atoms with Gasteiger partial charge in [-0.2, -0.15) is 0 Å². The Balaban J connectivity index is 1.81. The van der Waals surface area contributed by atoms with Gasteiger partial charge in [0.15, 0.2) is 0 Å². The van der Waals surface area contributed by atoms with Crippen molar-refractivity contribution in [2.75, 3.05) is 13.2 Å². The Bertz CT molecular complexity index is 482. The maximum atomic E-state index is 9.59. The summed E-state index contributed by atoms with van der Waals surface area (Å²) < 4.78 is 5.95. The zero-order valence-electron chi connectivity index (χ0n) is 13.8. The van der Waals surface area contributed by atoms with Crippen molar-refractivity contribution in [3.8, 4) is 5.75 Å². The number of rotatable bonds is 8. The van der Waals surface area contributed by atoms with Crippen molar-refractivity contribution >= 4 is 0 Å². The first-order valence-corrected chi connectivity index (χ1v) is 8.03. The summed E-state index contributed by atoms with van der Waals surface area (Å²) in [7, 11) is 0. The molecule has 1 atom stereocenters. The predicted octanol–water partition coefficient (Wildman–Crippen LogP) is 3.27. The van der Waals surface area contributed by atoms with Gasteiger partial charge in [-0.25, -0.2) is 0 Å². The summed E-state index contributed by atoms with van der Waals surface area (Å²) in [6.45, 7) is 9.32. The predicted molar refractivity (Wildman–Crippen MR) is 87.0 cm³/mol. The largest absolute Gasteiger partial charge is 0.493 e. The summed E-state index contributed by atoms with van der Waals surface area (Å²) in [5.41, 5.74) is 3.58. The first-order chi connectivity index (χ1) is 9.93. The molecule has 1 saturated carbocycles. The van der Waals surface area contributed by atoms with E-state index in [1.54, 1.807) is 0 Å². The van der Waals surface area contributed by atoms with Crippen LogP contribution in [0, 0.1) is 20.8 Å². The minimum absolute atomic E-state index is 0.165. The van der Waals surface area contributed by atoms with E-state index >= 15 is 0 Å². The zero-order valence-corrected chi connectivity index (χ0v) is 13.8. The van der Waals surface area contributed by atoms with Crippen molar-refractivity contribution in [2.24, 2.45) is 0 Å². The SMILES string of the molecule is Cc1cc(C)c(C)c(OCCCC(C)(CO)NC2CC2)c1. The van der Waals surface area contributed by atoms with Crippen LogP contribution >= 0.6 is 0 Å². The number of aliphatic hydroxyl groups is 1. The van der Waals surface area contributed by atoms with Gasteiger partial charge in [-0.3, -0.25) is 0 Å². The molecular formula is C18H29NO2. The molecule has 3 nitrogen and oxygen atoms in total. The Morgan fingerprint density at radius 2 is 2.00 bits per heavy atom. The van der Waals surface area contributed by atoms with E-state index in [2.05, 4.69) is 45.1 Å². The van der Waals surface area contributed by atoms with E-state index in [1.807, 2.05) is 0 Å². The summed E-state index contributed by atoms with van der Waals surface area (Å²) >= 11 is 0. The van der Waals surface area contributed by atoms with E-state index in [1.165, 1.54) is 29.5 Å². The molecule has 1 aromatic carbocycles. The lowest BCUT2D eigenvalue weighted by molar-refractivity contribution is 0.154. The fraction of sp³-hybridized carbons (Fsp3) is 0.667. The van der Waals surface area contributed by atoms with Gasteiger partial charge in [0.2, 0.25) is 0 Å². The molecule has 0 amide bonds. The maximum absolute atomic E-state index is 9.59. The monoisotopic (exact) mass is 291 g/mol. The molecule has 1 aliphatic carbocycles. The van der Waals surface area contributed by atoms with Gasteiger partial charge >= 0.3 is 0 Å². The Hall–Kier alpha value is -1.06. The lowest BCUT2D eigenvalue weighted by atomic mass is 9.97. The van der Waals surface area contributed by atoms with E-state index < -0.39 is 0 Å². The smallest absolute Gasteiger partial charge is 0.122 e. The number of benzene rings is 1. The van der Waals surface area contributed by atoms with Gasteiger partial charge in [-0.05, 0) is 76.1 Å². The number of hydrogen-bond donors (Lipinski definition) is 2. The molecule has 0 heterocycles. The third-order valence-corrected chi connectivity index (χ3v) is 4.37. The highest BCUT2D eigenvalue weighted by Gasteiger charge is 2.31. The van der Waals surface area contributed by atoms with Crippen molar-refractivity contribution in [3.63, 3.8) is 0 Å². The number of ether oxygens (including phenoxy) is 1. The molecule has 2 rings (SSSR count). The Labute approximate surface area is 128 Å².